The predicted molar refractivity (Wildman–Crippen MR) is 124 cm³/mol. The normalized spacial score (nSPS) is 17.3. The Morgan fingerprint density at radius 1 is 0.969 bits per heavy atom. The van der Waals surface area contributed by atoms with Crippen LogP contribution < -0.4 is 4.74 Å². The molecule has 4 rings (SSSR count). The standard InChI is InChI=1S/C25H32N2O4S/c1-26(21-8-4-3-5-9-21)32(29,30)24-10-6-7-20(17-24)25(28)27(22-13-14-22)18-19-11-15-23(31-2)16-12-19/h6-7,10-12,15-17,21-22H,3-5,8-9,13-14,18H2,1-2H3. The Balaban J connectivity index is 1.54. The minimum absolute atomic E-state index is 0.0335. The molecule has 0 saturated heterocycles. The molecule has 0 atom stereocenters. The quantitative estimate of drug-likeness (QED) is 0.588. The largest absolute Gasteiger partial charge is 0.497 e. The van der Waals surface area contributed by atoms with Gasteiger partial charge in [0, 0.05) is 31.2 Å². The summed E-state index contributed by atoms with van der Waals surface area (Å²) in [4.78, 5) is 15.4. The fourth-order valence-electron chi connectivity index (χ4n) is 4.44. The van der Waals surface area contributed by atoms with E-state index in [1.54, 1.807) is 38.4 Å². The minimum Gasteiger partial charge on any atom is -0.497 e. The minimum atomic E-state index is -3.64. The van der Waals surface area contributed by atoms with E-state index in [-0.39, 0.29) is 22.9 Å². The van der Waals surface area contributed by atoms with Gasteiger partial charge in [-0.15, -0.1) is 0 Å². The number of carbonyl (C=O) groups is 1. The van der Waals surface area contributed by atoms with E-state index in [1.807, 2.05) is 29.2 Å². The first-order valence-corrected chi connectivity index (χ1v) is 12.9. The first-order valence-electron chi connectivity index (χ1n) is 11.4. The molecule has 2 aliphatic carbocycles. The van der Waals surface area contributed by atoms with Gasteiger partial charge in [0.25, 0.3) is 5.91 Å². The van der Waals surface area contributed by atoms with Gasteiger partial charge in [-0.25, -0.2) is 8.42 Å². The third kappa shape index (κ3) is 4.99. The van der Waals surface area contributed by atoms with Gasteiger partial charge in [0.15, 0.2) is 0 Å². The molecule has 2 fully saturated rings. The first kappa shape index (κ1) is 22.8. The van der Waals surface area contributed by atoms with Crippen molar-refractivity contribution in [2.45, 2.75) is 68.5 Å². The maximum absolute atomic E-state index is 13.4. The summed E-state index contributed by atoms with van der Waals surface area (Å²) in [7, 11) is -0.349. The molecule has 0 N–H and O–H groups in total. The molecule has 1 amide bonds. The lowest BCUT2D eigenvalue weighted by molar-refractivity contribution is 0.0729. The van der Waals surface area contributed by atoms with Crippen LogP contribution >= 0.6 is 0 Å². The number of nitrogens with zero attached hydrogens (tertiary/aromatic N) is 2. The van der Waals surface area contributed by atoms with Crippen LogP contribution in [-0.2, 0) is 16.6 Å². The Morgan fingerprint density at radius 3 is 2.28 bits per heavy atom. The molecule has 32 heavy (non-hydrogen) atoms. The molecule has 0 radical (unpaired) electrons. The number of amides is 1. The zero-order valence-corrected chi connectivity index (χ0v) is 19.7. The van der Waals surface area contributed by atoms with Crippen LogP contribution in [0.4, 0.5) is 0 Å². The Kier molecular flexibility index (Phi) is 6.86. The van der Waals surface area contributed by atoms with Crippen LogP contribution in [0.5, 0.6) is 5.75 Å². The summed E-state index contributed by atoms with van der Waals surface area (Å²) in [5, 5.41) is 0. The van der Waals surface area contributed by atoms with Crippen molar-refractivity contribution in [3.05, 3.63) is 59.7 Å². The van der Waals surface area contributed by atoms with Crippen LogP contribution in [0.25, 0.3) is 0 Å². The fraction of sp³-hybridized carbons (Fsp3) is 0.480. The molecule has 0 aromatic heterocycles. The average Bonchev–Trinajstić information content (AvgIpc) is 3.68. The topological polar surface area (TPSA) is 66.9 Å². The van der Waals surface area contributed by atoms with E-state index >= 15 is 0 Å². The summed E-state index contributed by atoms with van der Waals surface area (Å²) >= 11 is 0. The number of hydrogen-bond donors (Lipinski definition) is 0. The van der Waals surface area contributed by atoms with Crippen LogP contribution in [0.15, 0.2) is 53.4 Å². The van der Waals surface area contributed by atoms with Gasteiger partial charge in [-0.2, -0.15) is 4.31 Å². The van der Waals surface area contributed by atoms with Gasteiger partial charge in [0.05, 0.1) is 12.0 Å². The maximum atomic E-state index is 13.4. The van der Waals surface area contributed by atoms with E-state index in [4.69, 9.17) is 4.74 Å². The third-order valence-corrected chi connectivity index (χ3v) is 8.51. The van der Waals surface area contributed by atoms with E-state index in [0.29, 0.717) is 12.1 Å². The smallest absolute Gasteiger partial charge is 0.254 e. The number of benzene rings is 2. The van der Waals surface area contributed by atoms with Gasteiger partial charge in [0.2, 0.25) is 10.0 Å². The lowest BCUT2D eigenvalue weighted by Crippen LogP contribution is -2.38. The molecule has 6 nitrogen and oxygen atoms in total. The maximum Gasteiger partial charge on any atom is 0.254 e. The SMILES string of the molecule is COc1ccc(CN(C(=O)c2cccc(S(=O)(=O)N(C)C3CCCCC3)c2)C2CC2)cc1. The molecule has 2 aromatic carbocycles. The van der Waals surface area contributed by atoms with Gasteiger partial charge in [-0.05, 0) is 61.6 Å². The van der Waals surface area contributed by atoms with Gasteiger partial charge in [-0.3, -0.25) is 4.79 Å². The van der Waals surface area contributed by atoms with E-state index in [2.05, 4.69) is 0 Å². The summed E-state index contributed by atoms with van der Waals surface area (Å²) in [5.74, 6) is 0.652. The average molecular weight is 457 g/mol. The second-order valence-electron chi connectivity index (χ2n) is 8.85. The summed E-state index contributed by atoms with van der Waals surface area (Å²) in [5.41, 5.74) is 1.44. The van der Waals surface area contributed by atoms with Crippen molar-refractivity contribution in [2.75, 3.05) is 14.2 Å². The number of rotatable bonds is 8. The van der Waals surface area contributed by atoms with E-state index < -0.39 is 10.0 Å². The highest BCUT2D eigenvalue weighted by molar-refractivity contribution is 7.89. The molecule has 0 heterocycles. The predicted octanol–water partition coefficient (Wildman–Crippen LogP) is 4.45. The van der Waals surface area contributed by atoms with E-state index in [1.165, 1.54) is 10.7 Å². The van der Waals surface area contributed by atoms with Gasteiger partial charge >= 0.3 is 0 Å². The van der Waals surface area contributed by atoms with E-state index in [9.17, 15) is 13.2 Å². The Bertz CT molecular complexity index is 1040. The second-order valence-corrected chi connectivity index (χ2v) is 10.9. The zero-order valence-electron chi connectivity index (χ0n) is 18.9. The van der Waals surface area contributed by atoms with Crippen molar-refractivity contribution in [3.63, 3.8) is 0 Å². The Labute approximate surface area is 191 Å². The molecule has 7 heteroatoms. The summed E-state index contributed by atoms with van der Waals surface area (Å²) in [6.45, 7) is 0.493. The molecule has 2 aromatic rings. The first-order chi connectivity index (χ1) is 15.4. The monoisotopic (exact) mass is 456 g/mol. The Morgan fingerprint density at radius 2 is 1.66 bits per heavy atom. The third-order valence-electron chi connectivity index (χ3n) is 6.61. The van der Waals surface area contributed by atoms with Gasteiger partial charge in [-0.1, -0.05) is 37.5 Å². The molecule has 2 aliphatic rings. The summed E-state index contributed by atoms with van der Waals surface area (Å²) < 4.78 is 33.2. The number of methoxy groups -OCH3 is 1. The molecule has 0 aliphatic heterocycles. The number of carbonyl (C=O) groups excluding carboxylic acids is 1. The molecule has 2 saturated carbocycles. The second kappa shape index (κ2) is 9.63. The van der Waals surface area contributed by atoms with Crippen molar-refractivity contribution in [1.29, 1.82) is 0 Å². The van der Waals surface area contributed by atoms with Crippen molar-refractivity contribution in [1.82, 2.24) is 9.21 Å². The summed E-state index contributed by atoms with van der Waals surface area (Å²) in [6, 6.07) is 14.5. The van der Waals surface area contributed by atoms with Crippen molar-refractivity contribution < 1.29 is 17.9 Å². The van der Waals surface area contributed by atoms with Crippen LogP contribution in [0, 0.1) is 0 Å². The lowest BCUT2D eigenvalue weighted by atomic mass is 9.96. The number of hydrogen-bond acceptors (Lipinski definition) is 4. The van der Waals surface area contributed by atoms with Gasteiger partial charge < -0.3 is 9.64 Å². The highest BCUT2D eigenvalue weighted by atomic mass is 32.2. The van der Waals surface area contributed by atoms with E-state index in [0.717, 1.165) is 49.8 Å². The number of ether oxygens (including phenoxy) is 1. The lowest BCUT2D eigenvalue weighted by Gasteiger charge is -2.30. The highest BCUT2D eigenvalue weighted by Gasteiger charge is 2.34. The van der Waals surface area contributed by atoms with Crippen molar-refractivity contribution in [3.8, 4) is 5.75 Å². The van der Waals surface area contributed by atoms with Gasteiger partial charge in [0.1, 0.15) is 5.75 Å². The number of sulfonamides is 1. The molecule has 0 spiro atoms. The molecule has 0 bridgehead atoms. The summed E-state index contributed by atoms with van der Waals surface area (Å²) in [6.07, 6.45) is 7.03. The van der Waals surface area contributed by atoms with Crippen LogP contribution in [0.3, 0.4) is 0 Å². The van der Waals surface area contributed by atoms with Crippen LogP contribution in [-0.4, -0.2) is 49.8 Å². The molecular weight excluding hydrogens is 424 g/mol. The molecule has 172 valence electrons. The molecular formula is C25H32N2O4S. The van der Waals surface area contributed by atoms with Crippen molar-refractivity contribution in [2.24, 2.45) is 0 Å². The fourth-order valence-corrected chi connectivity index (χ4v) is 5.91. The van der Waals surface area contributed by atoms with Crippen molar-refractivity contribution >= 4 is 15.9 Å². The zero-order chi connectivity index (χ0) is 22.7. The van der Waals surface area contributed by atoms with Crippen LogP contribution in [0.1, 0.15) is 60.9 Å². The highest BCUT2D eigenvalue weighted by Crippen LogP contribution is 2.31. The Hall–Kier alpha value is -2.38. The van der Waals surface area contributed by atoms with Crippen LogP contribution in [0.2, 0.25) is 0 Å². The molecule has 0 unspecified atom stereocenters.